The average Bonchev–Trinajstić information content (AvgIpc) is 4.04. The van der Waals surface area contributed by atoms with Crippen molar-refractivity contribution in [1.29, 1.82) is 0 Å². The fourth-order valence-electron chi connectivity index (χ4n) is 7.32. The van der Waals surface area contributed by atoms with Crippen LogP contribution in [0.1, 0.15) is 79.6 Å². The fraction of sp³-hybridized carbons (Fsp3) is 0.615. The summed E-state index contributed by atoms with van der Waals surface area (Å²) < 4.78 is 92.4. The van der Waals surface area contributed by atoms with E-state index in [4.69, 9.17) is 18.9 Å². The first-order chi connectivity index (χ1) is 27.2. The van der Waals surface area contributed by atoms with Crippen LogP contribution in [-0.4, -0.2) is 108 Å². The number of allylic oxidation sites excluding steroid dienone is 1. The minimum atomic E-state index is -4.10. The van der Waals surface area contributed by atoms with Gasteiger partial charge in [-0.1, -0.05) is 19.1 Å². The fourth-order valence-corrected chi connectivity index (χ4v) is 8.63. The molecule has 318 valence electrons. The number of ether oxygens (including phenoxy) is 4. The smallest absolute Gasteiger partial charge is 0.408 e. The van der Waals surface area contributed by atoms with E-state index < -0.39 is 98.3 Å². The number of hydrogen-bond acceptors (Lipinski definition) is 11. The zero-order valence-electron chi connectivity index (χ0n) is 33.2. The molecule has 4 amide bonds. The number of methoxy groups -OCH3 is 1. The number of aromatic nitrogens is 1. The molecule has 2 aliphatic carbocycles. The van der Waals surface area contributed by atoms with E-state index in [0.717, 1.165) is 18.7 Å². The molecule has 4 aliphatic rings. The number of carbonyl (C=O) groups excluding carboxylic acids is 4. The first-order valence-corrected chi connectivity index (χ1v) is 20.8. The zero-order chi connectivity index (χ0) is 42.4. The number of sulfonamides is 1. The van der Waals surface area contributed by atoms with E-state index >= 15 is 0 Å². The van der Waals surface area contributed by atoms with Crippen molar-refractivity contribution in [2.45, 2.75) is 132 Å². The first kappa shape index (κ1) is 42.9. The second kappa shape index (κ2) is 16.2. The van der Waals surface area contributed by atoms with E-state index in [2.05, 4.69) is 20.3 Å². The van der Waals surface area contributed by atoms with Crippen molar-refractivity contribution >= 4 is 44.6 Å². The number of amides is 4. The summed E-state index contributed by atoms with van der Waals surface area (Å²) in [4.78, 5) is 61.9. The molecule has 15 nitrogen and oxygen atoms in total. The lowest BCUT2D eigenvalue weighted by atomic mass is 10.0. The minimum Gasteiger partial charge on any atom is -0.494 e. The normalized spacial score (nSPS) is 28.7. The topological polar surface area (TPSA) is 192 Å². The molecular weight excluding hydrogens is 788 g/mol. The number of carbonyl (C=O) groups is 4. The molecule has 6 rings (SSSR count). The summed E-state index contributed by atoms with van der Waals surface area (Å²) >= 11 is 0. The third kappa shape index (κ3) is 8.70. The Kier molecular flexibility index (Phi) is 12.0. The molecule has 7 atom stereocenters. The number of halogens is 3. The number of nitrogens with zero attached hydrogens (tertiary/aromatic N) is 2. The van der Waals surface area contributed by atoms with Gasteiger partial charge in [-0.05, 0) is 84.4 Å². The third-order valence-corrected chi connectivity index (χ3v) is 13.6. The Labute approximate surface area is 334 Å². The van der Waals surface area contributed by atoms with E-state index in [1.165, 1.54) is 38.4 Å². The highest BCUT2D eigenvalue weighted by atomic mass is 32.2. The average molecular weight is 838 g/mol. The Morgan fingerprint density at radius 2 is 1.91 bits per heavy atom. The van der Waals surface area contributed by atoms with Crippen LogP contribution in [0.15, 0.2) is 36.5 Å². The van der Waals surface area contributed by atoms with Crippen molar-refractivity contribution in [3.63, 3.8) is 0 Å². The molecule has 0 spiro atoms. The molecule has 3 heterocycles. The van der Waals surface area contributed by atoms with Crippen LogP contribution in [0, 0.1) is 11.7 Å². The Morgan fingerprint density at radius 1 is 1.19 bits per heavy atom. The van der Waals surface area contributed by atoms with Crippen LogP contribution in [0.25, 0.3) is 10.8 Å². The highest BCUT2D eigenvalue weighted by Crippen LogP contribution is 2.47. The monoisotopic (exact) mass is 837 g/mol. The van der Waals surface area contributed by atoms with Gasteiger partial charge in [0.25, 0.3) is 12.3 Å². The van der Waals surface area contributed by atoms with Crippen LogP contribution >= 0.6 is 0 Å². The molecule has 3 fully saturated rings. The van der Waals surface area contributed by atoms with E-state index in [1.807, 2.05) is 0 Å². The molecule has 1 saturated heterocycles. The molecule has 3 N–H and O–H groups in total. The predicted molar refractivity (Wildman–Crippen MR) is 203 cm³/mol. The third-order valence-electron chi connectivity index (χ3n) is 11.4. The summed E-state index contributed by atoms with van der Waals surface area (Å²) in [5, 5.41) is 5.90. The second-order valence-corrected chi connectivity index (χ2v) is 18.5. The number of alkyl carbamates (subject to hydrolysis) is 1. The van der Waals surface area contributed by atoms with Crippen LogP contribution in [-0.2, 0) is 33.9 Å². The Bertz CT molecular complexity index is 2080. The van der Waals surface area contributed by atoms with E-state index in [1.54, 1.807) is 26.0 Å². The largest absolute Gasteiger partial charge is 0.494 e. The van der Waals surface area contributed by atoms with Crippen molar-refractivity contribution in [3.05, 3.63) is 42.4 Å². The molecule has 2 saturated carbocycles. The molecule has 2 aliphatic heterocycles. The molecule has 2 aromatic rings. The van der Waals surface area contributed by atoms with Crippen molar-refractivity contribution < 1.29 is 59.7 Å². The Morgan fingerprint density at radius 3 is 2.57 bits per heavy atom. The molecule has 58 heavy (non-hydrogen) atoms. The summed E-state index contributed by atoms with van der Waals surface area (Å²) in [6, 6.07) is 0.971. The highest BCUT2D eigenvalue weighted by Gasteiger charge is 2.63. The van der Waals surface area contributed by atoms with Gasteiger partial charge in [0.2, 0.25) is 27.7 Å². The number of hydrogen-bond donors (Lipinski definition) is 3. The standard InChI is InChI=1S/C39H50F3N5O10S/c1-7-28-30(44-36(51)57-37(3,4)34(41)42)33(49)47-20-24(56-32-26-16-23(40)12-13-25(26)29(54-6)19-43-32)17-27(47)31(48)45-39(18-22(39)11-9-8-10-21(2)55-28)35(50)46-58(52,53)38(5)14-15-38/h9,11-13,16,19,21-22,24,27-28,30,34H,7-8,10,14-15,17-18,20H2,1-6H3,(H,44,51)(H,45,48)(H,46,50). The van der Waals surface area contributed by atoms with E-state index in [9.17, 15) is 40.8 Å². The quantitative estimate of drug-likeness (QED) is 0.290. The van der Waals surface area contributed by atoms with Crippen molar-refractivity contribution in [2.75, 3.05) is 13.7 Å². The summed E-state index contributed by atoms with van der Waals surface area (Å²) in [5.41, 5.74) is -3.90. The number of nitrogens with one attached hydrogen (secondary N) is 3. The van der Waals surface area contributed by atoms with Gasteiger partial charge >= 0.3 is 6.09 Å². The van der Waals surface area contributed by atoms with Gasteiger partial charge in [0, 0.05) is 17.7 Å². The van der Waals surface area contributed by atoms with Crippen molar-refractivity contribution in [1.82, 2.24) is 25.2 Å². The lowest BCUT2D eigenvalue weighted by molar-refractivity contribution is -0.145. The van der Waals surface area contributed by atoms with Crippen molar-refractivity contribution in [3.8, 4) is 11.6 Å². The van der Waals surface area contributed by atoms with Crippen LogP contribution in [0.2, 0.25) is 0 Å². The molecule has 0 radical (unpaired) electrons. The maximum absolute atomic E-state index is 14.8. The van der Waals surface area contributed by atoms with Gasteiger partial charge in [-0.15, -0.1) is 0 Å². The Hall–Kier alpha value is -4.65. The molecule has 7 unspecified atom stereocenters. The number of benzene rings is 1. The van der Waals surface area contributed by atoms with Gasteiger partial charge in [-0.25, -0.2) is 31.4 Å². The second-order valence-electron chi connectivity index (χ2n) is 16.3. The summed E-state index contributed by atoms with van der Waals surface area (Å²) in [6.45, 7) is 6.72. The zero-order valence-corrected chi connectivity index (χ0v) is 34.0. The summed E-state index contributed by atoms with van der Waals surface area (Å²) in [6.07, 6.45) is -0.354. The lowest BCUT2D eigenvalue weighted by Gasteiger charge is -2.34. The van der Waals surface area contributed by atoms with Crippen molar-refractivity contribution in [2.24, 2.45) is 5.92 Å². The minimum absolute atomic E-state index is 0.0333. The molecule has 0 bridgehead atoms. The maximum Gasteiger partial charge on any atom is 0.408 e. The van der Waals surface area contributed by atoms with Crippen LogP contribution in [0.4, 0.5) is 18.0 Å². The summed E-state index contributed by atoms with van der Waals surface area (Å²) in [5.74, 6) is -3.47. The SMILES string of the molecule is CCC1OC(C)CCC=CC2CC2(C(=O)NS(=O)(=O)C2(C)CC2)NC(=O)C2CC(Oc3ncc(OC)c4ccc(F)cc34)CN2C(=O)C1NC(=O)OC(C)(C)C(F)F. The highest BCUT2D eigenvalue weighted by molar-refractivity contribution is 7.91. The number of alkyl halides is 2. The number of pyridine rings is 1. The van der Waals surface area contributed by atoms with Crippen LogP contribution < -0.4 is 24.8 Å². The first-order valence-electron chi connectivity index (χ1n) is 19.3. The molecule has 19 heteroatoms. The van der Waals surface area contributed by atoms with Gasteiger partial charge in [0.05, 0.1) is 42.2 Å². The molecular formula is C39H50F3N5O10S. The van der Waals surface area contributed by atoms with Gasteiger partial charge in [-0.3, -0.25) is 19.1 Å². The van der Waals surface area contributed by atoms with Gasteiger partial charge in [0.1, 0.15) is 35.3 Å². The Balaban J connectivity index is 1.38. The number of rotatable bonds is 10. The lowest BCUT2D eigenvalue weighted by Crippen LogP contribution is -2.61. The number of fused-ring (bicyclic) bond motifs is 3. The van der Waals surface area contributed by atoms with Gasteiger partial charge in [-0.2, -0.15) is 0 Å². The molecule has 1 aromatic heterocycles. The van der Waals surface area contributed by atoms with Crippen LogP contribution in [0.5, 0.6) is 11.6 Å². The maximum atomic E-state index is 14.8. The molecule has 1 aromatic carbocycles. The van der Waals surface area contributed by atoms with Gasteiger partial charge in [0.15, 0.2) is 5.60 Å². The van der Waals surface area contributed by atoms with Gasteiger partial charge < -0.3 is 34.5 Å². The van der Waals surface area contributed by atoms with Crippen LogP contribution in [0.3, 0.4) is 0 Å². The summed E-state index contributed by atoms with van der Waals surface area (Å²) in [7, 11) is -2.68. The predicted octanol–water partition coefficient (Wildman–Crippen LogP) is 4.28. The van der Waals surface area contributed by atoms with E-state index in [-0.39, 0.29) is 37.1 Å². The van der Waals surface area contributed by atoms with E-state index in [0.29, 0.717) is 36.8 Å².